The zero-order chi connectivity index (χ0) is 25.5. The Balaban J connectivity index is 1.41. The normalized spacial score (nSPS) is 13.8. The highest BCUT2D eigenvalue weighted by Gasteiger charge is 2.16. The molecule has 1 aromatic heterocycles. The Hall–Kier alpha value is -3.85. The third-order valence-corrected chi connectivity index (χ3v) is 6.29. The van der Waals surface area contributed by atoms with Crippen LogP contribution in [0.4, 0.5) is 28.8 Å². The van der Waals surface area contributed by atoms with Crippen molar-refractivity contribution in [2.75, 3.05) is 61.2 Å². The number of anilines is 5. The topological polar surface area (TPSA) is 94.6 Å². The number of ether oxygens (including phenoxy) is 1. The molecule has 0 aliphatic carbocycles. The first-order chi connectivity index (χ1) is 17.4. The Morgan fingerprint density at radius 2 is 1.83 bits per heavy atom. The van der Waals surface area contributed by atoms with Crippen molar-refractivity contribution in [2.45, 2.75) is 26.8 Å². The number of piperazine rings is 1. The number of aryl methyl sites for hydroxylation is 1. The first-order valence-electron chi connectivity index (χ1n) is 12.3. The van der Waals surface area contributed by atoms with Crippen LogP contribution >= 0.6 is 0 Å². The number of rotatable bonds is 9. The average Bonchev–Trinajstić information content (AvgIpc) is 2.90. The van der Waals surface area contributed by atoms with Crippen LogP contribution in [0.3, 0.4) is 0 Å². The molecule has 1 aliphatic rings. The number of aromatic nitrogens is 2. The first-order valence-corrected chi connectivity index (χ1v) is 12.3. The lowest BCUT2D eigenvalue weighted by molar-refractivity contribution is -0.115. The van der Waals surface area contributed by atoms with Gasteiger partial charge in [-0.1, -0.05) is 19.1 Å². The molecule has 190 valence electrons. The van der Waals surface area contributed by atoms with Gasteiger partial charge in [0.05, 0.1) is 12.8 Å². The number of nitrogens with zero attached hydrogens (tertiary/aromatic N) is 4. The molecular weight excluding hydrogens is 454 g/mol. The van der Waals surface area contributed by atoms with Gasteiger partial charge in [-0.3, -0.25) is 4.79 Å². The molecule has 1 amide bonds. The monoisotopic (exact) mass is 489 g/mol. The second-order valence-corrected chi connectivity index (χ2v) is 8.98. The predicted octanol–water partition coefficient (Wildman–Crippen LogP) is 4.25. The van der Waals surface area contributed by atoms with Crippen molar-refractivity contribution in [1.29, 1.82) is 0 Å². The van der Waals surface area contributed by atoms with Crippen molar-refractivity contribution in [1.82, 2.24) is 14.9 Å². The van der Waals surface area contributed by atoms with Crippen molar-refractivity contribution in [3.05, 3.63) is 59.8 Å². The van der Waals surface area contributed by atoms with E-state index < -0.39 is 0 Å². The van der Waals surface area contributed by atoms with E-state index >= 15 is 0 Å². The van der Waals surface area contributed by atoms with Gasteiger partial charge in [-0.25, -0.2) is 4.98 Å². The van der Waals surface area contributed by atoms with E-state index in [1.807, 2.05) is 44.2 Å². The fourth-order valence-corrected chi connectivity index (χ4v) is 3.99. The van der Waals surface area contributed by atoms with Gasteiger partial charge in [0.25, 0.3) is 0 Å². The maximum absolute atomic E-state index is 11.6. The molecule has 9 heteroatoms. The summed E-state index contributed by atoms with van der Waals surface area (Å²) in [7, 11) is 3.83. The van der Waals surface area contributed by atoms with Gasteiger partial charge in [0.1, 0.15) is 11.6 Å². The number of hydrogen-bond donors (Lipinski definition) is 3. The quantitative estimate of drug-likeness (QED) is 0.411. The second kappa shape index (κ2) is 11.7. The van der Waals surface area contributed by atoms with Gasteiger partial charge in [0, 0.05) is 68.3 Å². The summed E-state index contributed by atoms with van der Waals surface area (Å²) in [4.78, 5) is 25.4. The molecule has 0 unspecified atom stereocenters. The minimum absolute atomic E-state index is 0.00288. The molecule has 0 bridgehead atoms. The number of nitrogens with one attached hydrogen (secondary N) is 3. The van der Waals surface area contributed by atoms with Gasteiger partial charge in [0.15, 0.2) is 0 Å². The largest absolute Gasteiger partial charge is 0.494 e. The van der Waals surface area contributed by atoms with E-state index in [0.717, 1.165) is 65.9 Å². The Kier molecular flexibility index (Phi) is 8.22. The van der Waals surface area contributed by atoms with Crippen LogP contribution in [0.5, 0.6) is 5.75 Å². The van der Waals surface area contributed by atoms with Crippen LogP contribution in [0.1, 0.15) is 24.5 Å². The molecular formula is C27H35N7O2. The van der Waals surface area contributed by atoms with E-state index in [1.54, 1.807) is 13.3 Å². The molecule has 4 rings (SSSR count). The van der Waals surface area contributed by atoms with E-state index in [9.17, 15) is 4.79 Å². The molecule has 9 nitrogen and oxygen atoms in total. The standard InChI is InChI=1S/C27H35N7O2/c1-5-25(35)30-21-8-6-20(7-9-21)18-28-26-19(2)17-29-27(32-26)31-23-11-10-22(16-24(23)36-4)34-14-12-33(3)13-15-34/h6-11,16-17H,5,12-15,18H2,1-4H3,(H,30,35)(H2,28,29,31,32). The molecule has 1 aliphatic heterocycles. The van der Waals surface area contributed by atoms with E-state index in [-0.39, 0.29) is 5.91 Å². The molecule has 1 saturated heterocycles. The first kappa shape index (κ1) is 25.2. The zero-order valence-electron chi connectivity index (χ0n) is 21.5. The highest BCUT2D eigenvalue weighted by molar-refractivity contribution is 5.90. The minimum atomic E-state index is 0.00288. The van der Waals surface area contributed by atoms with Crippen molar-refractivity contribution in [2.24, 2.45) is 0 Å². The van der Waals surface area contributed by atoms with Crippen LogP contribution in [-0.4, -0.2) is 61.1 Å². The molecule has 0 radical (unpaired) electrons. The van der Waals surface area contributed by atoms with Gasteiger partial charge >= 0.3 is 0 Å². The Labute approximate surface area is 212 Å². The summed E-state index contributed by atoms with van der Waals surface area (Å²) < 4.78 is 5.67. The van der Waals surface area contributed by atoms with Crippen molar-refractivity contribution in [3.8, 4) is 5.75 Å². The molecule has 0 saturated carbocycles. The summed E-state index contributed by atoms with van der Waals surface area (Å²) in [6.45, 7) is 8.50. The summed E-state index contributed by atoms with van der Waals surface area (Å²) >= 11 is 0. The second-order valence-electron chi connectivity index (χ2n) is 8.98. The number of carbonyl (C=O) groups excluding carboxylic acids is 1. The number of hydrogen-bond acceptors (Lipinski definition) is 8. The van der Waals surface area contributed by atoms with Crippen molar-refractivity contribution in [3.63, 3.8) is 0 Å². The van der Waals surface area contributed by atoms with Gasteiger partial charge in [-0.15, -0.1) is 0 Å². The SMILES string of the molecule is CCC(=O)Nc1ccc(CNc2nc(Nc3ccc(N4CCN(C)CC4)cc3OC)ncc2C)cc1. The molecule has 0 atom stereocenters. The summed E-state index contributed by atoms with van der Waals surface area (Å²) in [5, 5.41) is 9.56. The van der Waals surface area contributed by atoms with E-state index in [1.165, 1.54) is 0 Å². The summed E-state index contributed by atoms with van der Waals surface area (Å²) in [6.07, 6.45) is 2.26. The number of likely N-dealkylation sites (N-methyl/N-ethyl adjacent to an activating group) is 1. The summed E-state index contributed by atoms with van der Waals surface area (Å²) in [5.41, 5.74) is 4.79. The van der Waals surface area contributed by atoms with Crippen LogP contribution in [-0.2, 0) is 11.3 Å². The van der Waals surface area contributed by atoms with Crippen LogP contribution < -0.4 is 25.6 Å². The summed E-state index contributed by atoms with van der Waals surface area (Å²) in [5.74, 6) is 2.00. The molecule has 2 heterocycles. The third kappa shape index (κ3) is 6.42. The van der Waals surface area contributed by atoms with Crippen LogP contribution in [0, 0.1) is 6.92 Å². The van der Waals surface area contributed by atoms with E-state index in [0.29, 0.717) is 18.9 Å². The van der Waals surface area contributed by atoms with Crippen LogP contribution in [0.2, 0.25) is 0 Å². The number of carbonyl (C=O) groups is 1. The fourth-order valence-electron chi connectivity index (χ4n) is 3.99. The highest BCUT2D eigenvalue weighted by atomic mass is 16.5. The minimum Gasteiger partial charge on any atom is -0.494 e. The Morgan fingerprint density at radius 3 is 2.53 bits per heavy atom. The maximum atomic E-state index is 11.6. The third-order valence-electron chi connectivity index (χ3n) is 6.29. The fraction of sp³-hybridized carbons (Fsp3) is 0.370. The molecule has 0 spiro atoms. The average molecular weight is 490 g/mol. The molecule has 2 aromatic carbocycles. The maximum Gasteiger partial charge on any atom is 0.229 e. The van der Waals surface area contributed by atoms with Gasteiger partial charge in [0.2, 0.25) is 11.9 Å². The Bertz CT molecular complexity index is 1180. The van der Waals surface area contributed by atoms with E-state index in [2.05, 4.69) is 54.9 Å². The number of amides is 1. The molecule has 3 N–H and O–H groups in total. The molecule has 3 aromatic rings. The van der Waals surface area contributed by atoms with Crippen molar-refractivity contribution >= 4 is 34.7 Å². The lowest BCUT2D eigenvalue weighted by atomic mass is 10.2. The lowest BCUT2D eigenvalue weighted by Gasteiger charge is -2.34. The van der Waals surface area contributed by atoms with Crippen LogP contribution in [0.15, 0.2) is 48.7 Å². The molecule has 36 heavy (non-hydrogen) atoms. The molecule has 1 fully saturated rings. The van der Waals surface area contributed by atoms with Gasteiger partial charge in [-0.2, -0.15) is 4.98 Å². The van der Waals surface area contributed by atoms with E-state index in [4.69, 9.17) is 4.74 Å². The van der Waals surface area contributed by atoms with Crippen molar-refractivity contribution < 1.29 is 9.53 Å². The zero-order valence-corrected chi connectivity index (χ0v) is 21.5. The van der Waals surface area contributed by atoms with Gasteiger partial charge in [-0.05, 0) is 43.8 Å². The number of methoxy groups -OCH3 is 1. The van der Waals surface area contributed by atoms with Crippen LogP contribution in [0.25, 0.3) is 0 Å². The predicted molar refractivity (Wildman–Crippen MR) is 145 cm³/mol. The van der Waals surface area contributed by atoms with Gasteiger partial charge < -0.3 is 30.5 Å². The highest BCUT2D eigenvalue weighted by Crippen LogP contribution is 2.32. The lowest BCUT2D eigenvalue weighted by Crippen LogP contribution is -2.44. The summed E-state index contributed by atoms with van der Waals surface area (Å²) in [6, 6.07) is 14.0. The smallest absolute Gasteiger partial charge is 0.229 e. The number of benzene rings is 2. The Morgan fingerprint density at radius 1 is 1.08 bits per heavy atom.